The van der Waals surface area contributed by atoms with E-state index in [1.54, 1.807) is 11.9 Å². The zero-order valence-electron chi connectivity index (χ0n) is 19.4. The molecule has 1 fully saturated rings. The minimum Gasteiger partial charge on any atom is -0.396 e. The molecular formula is C25H35N3O4. The molecule has 3 rings (SSSR count). The lowest BCUT2D eigenvalue weighted by molar-refractivity contribution is -0.140. The third kappa shape index (κ3) is 4.58. The second-order valence-electron chi connectivity index (χ2n) is 8.91. The lowest BCUT2D eigenvalue weighted by Crippen LogP contribution is -2.45. The van der Waals surface area contributed by atoms with Crippen LogP contribution in [0, 0.1) is 37.5 Å². The molecule has 7 heteroatoms. The third-order valence-corrected chi connectivity index (χ3v) is 6.86. The molecule has 32 heavy (non-hydrogen) atoms. The van der Waals surface area contributed by atoms with Crippen molar-refractivity contribution in [1.82, 2.24) is 10.2 Å². The first kappa shape index (κ1) is 24.0. The lowest BCUT2D eigenvalue weighted by Gasteiger charge is -2.33. The van der Waals surface area contributed by atoms with Crippen molar-refractivity contribution in [3.63, 3.8) is 0 Å². The molecule has 174 valence electrons. The molecule has 1 aromatic rings. The average Bonchev–Trinajstić information content (AvgIpc) is 3.07. The van der Waals surface area contributed by atoms with E-state index in [-0.39, 0.29) is 36.2 Å². The number of allylic oxidation sites excluding steroid dienone is 1. The van der Waals surface area contributed by atoms with Crippen LogP contribution in [-0.2, 0) is 14.4 Å². The molecule has 2 aliphatic rings. The van der Waals surface area contributed by atoms with Gasteiger partial charge in [-0.1, -0.05) is 31.2 Å². The molecule has 1 aromatic carbocycles. The number of aryl methyl sites for hydroxylation is 2. The minimum atomic E-state index is -0.688. The highest BCUT2D eigenvalue weighted by Gasteiger charge is 2.56. The van der Waals surface area contributed by atoms with E-state index in [1.165, 1.54) is 0 Å². The van der Waals surface area contributed by atoms with Gasteiger partial charge in [0.2, 0.25) is 17.7 Å². The summed E-state index contributed by atoms with van der Waals surface area (Å²) in [7, 11) is 1.59. The predicted octanol–water partition coefficient (Wildman–Crippen LogP) is 2.42. The van der Waals surface area contributed by atoms with Crippen molar-refractivity contribution < 1.29 is 19.5 Å². The van der Waals surface area contributed by atoms with Crippen molar-refractivity contribution in [3.05, 3.63) is 41.5 Å². The number of unbranched alkanes of at least 4 members (excludes halogenated alkanes) is 1. The van der Waals surface area contributed by atoms with E-state index < -0.39 is 17.9 Å². The van der Waals surface area contributed by atoms with E-state index in [0.717, 1.165) is 23.2 Å². The quantitative estimate of drug-likeness (QED) is 0.426. The molecule has 0 unspecified atom stereocenters. The number of anilines is 1. The van der Waals surface area contributed by atoms with Crippen molar-refractivity contribution in [2.45, 2.75) is 46.1 Å². The van der Waals surface area contributed by atoms with Crippen LogP contribution in [0.5, 0.6) is 0 Å². The number of carbonyl (C=O) groups is 3. The SMILES string of the molecule is CC[C@@H]1C=C[C@H]2[C@H](C(=O)N(CCCCO)[C@@H]2C(=O)Nc2cc(C)ccc2C)[C@@H]1C(=O)NC. The number of nitrogens with one attached hydrogen (secondary N) is 2. The molecule has 0 aromatic heterocycles. The van der Waals surface area contributed by atoms with E-state index in [4.69, 9.17) is 0 Å². The highest BCUT2D eigenvalue weighted by Crippen LogP contribution is 2.45. The molecule has 7 nitrogen and oxygen atoms in total. The molecule has 1 heterocycles. The molecule has 5 atom stereocenters. The Kier molecular flexibility index (Phi) is 7.72. The summed E-state index contributed by atoms with van der Waals surface area (Å²) in [6.45, 7) is 6.32. The molecule has 0 bridgehead atoms. The van der Waals surface area contributed by atoms with Crippen molar-refractivity contribution in [2.75, 3.05) is 25.5 Å². The summed E-state index contributed by atoms with van der Waals surface area (Å²) in [6, 6.07) is 5.19. The Balaban J connectivity index is 1.97. The second-order valence-corrected chi connectivity index (χ2v) is 8.91. The number of aliphatic hydroxyl groups is 1. The highest BCUT2D eigenvalue weighted by atomic mass is 16.3. The highest BCUT2D eigenvalue weighted by molar-refractivity contribution is 6.02. The van der Waals surface area contributed by atoms with Gasteiger partial charge in [0.05, 0.1) is 11.8 Å². The molecule has 3 amide bonds. The van der Waals surface area contributed by atoms with E-state index in [0.29, 0.717) is 19.4 Å². The number of carbonyl (C=O) groups excluding carboxylic acids is 3. The number of likely N-dealkylation sites (tertiary alicyclic amines) is 1. The van der Waals surface area contributed by atoms with Gasteiger partial charge in [0.25, 0.3) is 0 Å². The number of amides is 3. The number of rotatable bonds is 8. The predicted molar refractivity (Wildman–Crippen MR) is 124 cm³/mol. The van der Waals surface area contributed by atoms with E-state index in [2.05, 4.69) is 10.6 Å². The fraction of sp³-hybridized carbons (Fsp3) is 0.560. The Bertz CT molecular complexity index is 897. The van der Waals surface area contributed by atoms with Gasteiger partial charge in [-0.05, 0) is 56.2 Å². The summed E-state index contributed by atoms with van der Waals surface area (Å²) in [4.78, 5) is 41.5. The first-order valence-corrected chi connectivity index (χ1v) is 11.5. The number of benzene rings is 1. The van der Waals surface area contributed by atoms with Crippen LogP contribution in [0.25, 0.3) is 0 Å². The minimum absolute atomic E-state index is 0.0346. The summed E-state index contributed by atoms with van der Waals surface area (Å²) in [5.74, 6) is -2.01. The molecule has 0 saturated carbocycles. The zero-order chi connectivity index (χ0) is 23.4. The van der Waals surface area contributed by atoms with E-state index >= 15 is 0 Å². The third-order valence-electron chi connectivity index (χ3n) is 6.86. The Labute approximate surface area is 190 Å². The van der Waals surface area contributed by atoms with E-state index in [9.17, 15) is 19.5 Å². The van der Waals surface area contributed by atoms with Gasteiger partial charge in [0.1, 0.15) is 6.04 Å². The fourth-order valence-corrected chi connectivity index (χ4v) is 5.12. The van der Waals surface area contributed by atoms with Crippen LogP contribution in [0.2, 0.25) is 0 Å². The number of nitrogens with zero attached hydrogens (tertiary/aromatic N) is 1. The topological polar surface area (TPSA) is 98.7 Å². The largest absolute Gasteiger partial charge is 0.396 e. The van der Waals surface area contributed by atoms with Crippen LogP contribution in [0.1, 0.15) is 37.3 Å². The average molecular weight is 442 g/mol. The number of hydrogen-bond donors (Lipinski definition) is 3. The molecule has 3 N–H and O–H groups in total. The first-order chi connectivity index (χ1) is 15.3. The van der Waals surface area contributed by atoms with Crippen LogP contribution < -0.4 is 10.6 Å². The van der Waals surface area contributed by atoms with Gasteiger partial charge in [-0.2, -0.15) is 0 Å². The van der Waals surface area contributed by atoms with Gasteiger partial charge in [0.15, 0.2) is 0 Å². The molecule has 1 saturated heterocycles. The molecular weight excluding hydrogens is 406 g/mol. The maximum absolute atomic E-state index is 13.6. The van der Waals surface area contributed by atoms with Crippen LogP contribution >= 0.6 is 0 Å². The summed E-state index contributed by atoms with van der Waals surface area (Å²) >= 11 is 0. The number of fused-ring (bicyclic) bond motifs is 1. The molecule has 1 aliphatic carbocycles. The van der Waals surface area contributed by atoms with Crippen molar-refractivity contribution in [1.29, 1.82) is 0 Å². The zero-order valence-corrected chi connectivity index (χ0v) is 19.4. The van der Waals surface area contributed by atoms with Crippen LogP contribution in [0.4, 0.5) is 5.69 Å². The van der Waals surface area contributed by atoms with Gasteiger partial charge in [-0.3, -0.25) is 14.4 Å². The van der Waals surface area contributed by atoms with Crippen molar-refractivity contribution in [3.8, 4) is 0 Å². The van der Waals surface area contributed by atoms with Gasteiger partial charge < -0.3 is 20.6 Å². The number of aliphatic hydroxyl groups excluding tert-OH is 1. The Hall–Kier alpha value is -2.67. The van der Waals surface area contributed by atoms with Crippen LogP contribution in [-0.4, -0.2) is 54.0 Å². The summed E-state index contributed by atoms with van der Waals surface area (Å²) in [5.41, 5.74) is 2.72. The van der Waals surface area contributed by atoms with Crippen molar-refractivity contribution >= 4 is 23.4 Å². The fourth-order valence-electron chi connectivity index (χ4n) is 5.12. The first-order valence-electron chi connectivity index (χ1n) is 11.5. The Morgan fingerprint density at radius 1 is 1.12 bits per heavy atom. The maximum Gasteiger partial charge on any atom is 0.247 e. The smallest absolute Gasteiger partial charge is 0.247 e. The summed E-state index contributed by atoms with van der Waals surface area (Å²) < 4.78 is 0. The maximum atomic E-state index is 13.6. The Morgan fingerprint density at radius 2 is 1.88 bits per heavy atom. The summed E-state index contributed by atoms with van der Waals surface area (Å²) in [5, 5.41) is 15.0. The monoisotopic (exact) mass is 441 g/mol. The number of hydrogen-bond acceptors (Lipinski definition) is 4. The van der Waals surface area contributed by atoms with Gasteiger partial charge >= 0.3 is 0 Å². The standard InChI is InChI=1S/C25H35N3O4/c1-5-17-10-11-18-21(20(17)23(30)26-4)25(32)28(12-6-7-13-29)22(18)24(31)27-19-14-15(2)8-9-16(19)3/h8-11,14,17-18,20-22,29H,5-7,12-13H2,1-4H3,(H,26,30)(H,27,31)/t17-,18+,20-,21+,22+/m1/s1. The lowest BCUT2D eigenvalue weighted by atomic mass is 9.69. The molecule has 1 aliphatic heterocycles. The van der Waals surface area contributed by atoms with Gasteiger partial charge in [-0.15, -0.1) is 0 Å². The normalized spacial score (nSPS) is 26.7. The van der Waals surface area contributed by atoms with Crippen LogP contribution in [0.3, 0.4) is 0 Å². The van der Waals surface area contributed by atoms with Crippen molar-refractivity contribution in [2.24, 2.45) is 23.7 Å². The van der Waals surface area contributed by atoms with E-state index in [1.807, 2.05) is 51.1 Å². The van der Waals surface area contributed by atoms with Gasteiger partial charge in [0, 0.05) is 31.8 Å². The Morgan fingerprint density at radius 3 is 2.53 bits per heavy atom. The molecule has 0 radical (unpaired) electrons. The molecule has 0 spiro atoms. The van der Waals surface area contributed by atoms with Crippen LogP contribution in [0.15, 0.2) is 30.4 Å². The van der Waals surface area contributed by atoms with Gasteiger partial charge in [-0.25, -0.2) is 0 Å². The second kappa shape index (κ2) is 10.3. The summed E-state index contributed by atoms with van der Waals surface area (Å²) in [6.07, 6.45) is 5.87.